The van der Waals surface area contributed by atoms with E-state index in [1.54, 1.807) is 6.20 Å². The Bertz CT molecular complexity index is 1030. The second-order valence-electron chi connectivity index (χ2n) is 7.80. The van der Waals surface area contributed by atoms with Gasteiger partial charge in [0.2, 0.25) is 0 Å². The minimum absolute atomic E-state index is 0.244. The molecule has 2 heterocycles. The van der Waals surface area contributed by atoms with E-state index in [1.807, 2.05) is 29.8 Å². The van der Waals surface area contributed by atoms with Crippen LogP contribution in [0.3, 0.4) is 0 Å². The maximum absolute atomic E-state index is 11.6. The number of morpholine rings is 1. The van der Waals surface area contributed by atoms with Gasteiger partial charge in [-0.1, -0.05) is 6.92 Å². The summed E-state index contributed by atoms with van der Waals surface area (Å²) in [5.74, 6) is -0.408. The van der Waals surface area contributed by atoms with Gasteiger partial charge in [-0.25, -0.2) is 0 Å². The number of hydrogen-bond donors (Lipinski definition) is 2. The van der Waals surface area contributed by atoms with Crippen LogP contribution in [-0.2, 0) is 11.8 Å². The number of aryl methyl sites for hydroxylation is 1. The molecule has 29 heavy (non-hydrogen) atoms. The largest absolute Gasteiger partial charge is 0.372 e. The topological polar surface area (TPSA) is 72.5 Å². The molecule has 1 aliphatic rings. The van der Waals surface area contributed by atoms with Crippen LogP contribution in [0, 0.1) is 0 Å². The average Bonchev–Trinajstić information content (AvgIpc) is 3.04. The fraction of sp³-hybridized carbons (Fsp3) is 0.348. The molecule has 2 unspecified atom stereocenters. The number of nitrogens with zero attached hydrogens (tertiary/aromatic N) is 2. The Hall–Kier alpha value is -2.99. The zero-order valence-corrected chi connectivity index (χ0v) is 17.2. The van der Waals surface area contributed by atoms with Crippen LogP contribution in [0.2, 0.25) is 0 Å². The SMILES string of the molecule is CCC1CN(c2ccc(Nc3ccc4c(C(N)=O)cn(C)c4c3)cc2)CC(C)O1. The van der Waals surface area contributed by atoms with Crippen LogP contribution in [0.4, 0.5) is 17.1 Å². The molecule has 1 fully saturated rings. The van der Waals surface area contributed by atoms with Crippen molar-refractivity contribution in [1.29, 1.82) is 0 Å². The van der Waals surface area contributed by atoms with Crippen LogP contribution in [0.1, 0.15) is 30.6 Å². The highest BCUT2D eigenvalue weighted by Crippen LogP contribution is 2.28. The van der Waals surface area contributed by atoms with E-state index in [1.165, 1.54) is 5.69 Å². The Kier molecular flexibility index (Phi) is 5.20. The molecule has 3 aromatic rings. The Labute approximate surface area is 171 Å². The van der Waals surface area contributed by atoms with Crippen molar-refractivity contribution in [2.45, 2.75) is 32.5 Å². The molecule has 1 amide bonds. The molecule has 2 aromatic carbocycles. The molecule has 4 rings (SSSR count). The second-order valence-corrected chi connectivity index (χ2v) is 7.80. The van der Waals surface area contributed by atoms with E-state index in [4.69, 9.17) is 10.5 Å². The number of carbonyl (C=O) groups is 1. The van der Waals surface area contributed by atoms with Crippen LogP contribution in [0.15, 0.2) is 48.7 Å². The molecule has 1 aromatic heterocycles. The number of primary amides is 1. The summed E-state index contributed by atoms with van der Waals surface area (Å²) in [6, 6.07) is 14.4. The molecule has 0 radical (unpaired) electrons. The van der Waals surface area contributed by atoms with Gasteiger partial charge in [0.1, 0.15) is 0 Å². The Morgan fingerprint density at radius 1 is 1.17 bits per heavy atom. The number of hydrogen-bond acceptors (Lipinski definition) is 4. The van der Waals surface area contributed by atoms with E-state index in [0.29, 0.717) is 11.7 Å². The molecule has 1 saturated heterocycles. The van der Waals surface area contributed by atoms with Gasteiger partial charge in [0.25, 0.3) is 5.91 Å². The lowest BCUT2D eigenvalue weighted by Gasteiger charge is -2.38. The van der Waals surface area contributed by atoms with Crippen molar-refractivity contribution >= 4 is 33.9 Å². The molecule has 3 N–H and O–H groups in total. The minimum Gasteiger partial charge on any atom is -0.372 e. The number of carbonyl (C=O) groups excluding carboxylic acids is 1. The summed E-state index contributed by atoms with van der Waals surface area (Å²) in [6.07, 6.45) is 3.34. The van der Waals surface area contributed by atoms with E-state index in [9.17, 15) is 4.79 Å². The van der Waals surface area contributed by atoms with Crippen molar-refractivity contribution in [3.05, 3.63) is 54.2 Å². The Morgan fingerprint density at radius 2 is 1.90 bits per heavy atom. The van der Waals surface area contributed by atoms with Crippen LogP contribution >= 0.6 is 0 Å². The zero-order valence-electron chi connectivity index (χ0n) is 17.2. The van der Waals surface area contributed by atoms with Crippen LogP contribution < -0.4 is 16.0 Å². The van der Waals surface area contributed by atoms with Crippen molar-refractivity contribution in [1.82, 2.24) is 4.57 Å². The van der Waals surface area contributed by atoms with Gasteiger partial charge < -0.3 is 25.3 Å². The summed E-state index contributed by atoms with van der Waals surface area (Å²) < 4.78 is 7.89. The van der Waals surface area contributed by atoms with E-state index >= 15 is 0 Å². The predicted octanol–water partition coefficient (Wildman–Crippen LogP) is 4.02. The van der Waals surface area contributed by atoms with E-state index in [2.05, 4.69) is 48.3 Å². The number of amides is 1. The number of rotatable bonds is 5. The lowest BCUT2D eigenvalue weighted by Crippen LogP contribution is -2.46. The van der Waals surface area contributed by atoms with Crippen LogP contribution in [-0.4, -0.2) is 35.8 Å². The number of fused-ring (bicyclic) bond motifs is 1. The molecule has 6 nitrogen and oxygen atoms in total. The van der Waals surface area contributed by atoms with Gasteiger partial charge in [0.15, 0.2) is 0 Å². The smallest absolute Gasteiger partial charge is 0.250 e. The quantitative estimate of drug-likeness (QED) is 0.688. The number of nitrogens with two attached hydrogens (primary N) is 1. The number of nitrogens with one attached hydrogen (secondary N) is 1. The van der Waals surface area contributed by atoms with Crippen molar-refractivity contribution in [3.8, 4) is 0 Å². The lowest BCUT2D eigenvalue weighted by atomic mass is 10.1. The summed E-state index contributed by atoms with van der Waals surface area (Å²) >= 11 is 0. The number of aromatic nitrogens is 1. The highest BCUT2D eigenvalue weighted by Gasteiger charge is 2.24. The molecule has 1 aliphatic heterocycles. The molecular weight excluding hydrogens is 364 g/mol. The normalized spacial score (nSPS) is 19.5. The fourth-order valence-corrected chi connectivity index (χ4v) is 4.06. The van der Waals surface area contributed by atoms with Crippen LogP contribution in [0.25, 0.3) is 10.9 Å². The average molecular weight is 393 g/mol. The van der Waals surface area contributed by atoms with Gasteiger partial charge in [-0.2, -0.15) is 0 Å². The summed E-state index contributed by atoms with van der Waals surface area (Å²) in [6.45, 7) is 6.15. The molecule has 6 heteroatoms. The van der Waals surface area contributed by atoms with Gasteiger partial charge in [-0.05, 0) is 55.8 Å². The third kappa shape index (κ3) is 3.93. The monoisotopic (exact) mass is 392 g/mol. The van der Waals surface area contributed by atoms with E-state index in [0.717, 1.165) is 41.8 Å². The van der Waals surface area contributed by atoms with Gasteiger partial charge in [-0.3, -0.25) is 4.79 Å². The van der Waals surface area contributed by atoms with Crippen molar-refractivity contribution < 1.29 is 9.53 Å². The predicted molar refractivity (Wildman–Crippen MR) is 118 cm³/mol. The van der Waals surface area contributed by atoms with E-state index < -0.39 is 5.91 Å². The maximum atomic E-state index is 11.6. The van der Waals surface area contributed by atoms with Gasteiger partial charge in [-0.15, -0.1) is 0 Å². The zero-order chi connectivity index (χ0) is 20.5. The molecule has 0 spiro atoms. The van der Waals surface area contributed by atoms with Crippen molar-refractivity contribution in [2.24, 2.45) is 12.8 Å². The first-order valence-corrected chi connectivity index (χ1v) is 10.1. The van der Waals surface area contributed by atoms with Crippen molar-refractivity contribution in [3.63, 3.8) is 0 Å². The Morgan fingerprint density at radius 3 is 2.59 bits per heavy atom. The number of ether oxygens (including phenoxy) is 1. The molecule has 152 valence electrons. The first-order chi connectivity index (χ1) is 13.9. The van der Waals surface area contributed by atoms with Crippen LogP contribution in [0.5, 0.6) is 0 Å². The molecule has 0 aliphatic carbocycles. The fourth-order valence-electron chi connectivity index (χ4n) is 4.06. The first-order valence-electron chi connectivity index (χ1n) is 10.1. The molecule has 2 atom stereocenters. The maximum Gasteiger partial charge on any atom is 0.250 e. The summed E-state index contributed by atoms with van der Waals surface area (Å²) in [5, 5.41) is 4.32. The third-order valence-corrected chi connectivity index (χ3v) is 5.56. The van der Waals surface area contributed by atoms with Gasteiger partial charge >= 0.3 is 0 Å². The highest BCUT2D eigenvalue weighted by atomic mass is 16.5. The molecule has 0 saturated carbocycles. The minimum atomic E-state index is -0.408. The summed E-state index contributed by atoms with van der Waals surface area (Å²) in [7, 11) is 1.92. The number of benzene rings is 2. The van der Waals surface area contributed by atoms with Gasteiger partial charge in [0, 0.05) is 48.8 Å². The van der Waals surface area contributed by atoms with Gasteiger partial charge in [0.05, 0.1) is 23.3 Å². The summed E-state index contributed by atoms with van der Waals surface area (Å²) in [5.41, 5.74) is 10.2. The summed E-state index contributed by atoms with van der Waals surface area (Å²) in [4.78, 5) is 14.0. The Balaban J connectivity index is 1.51. The second kappa shape index (κ2) is 7.79. The van der Waals surface area contributed by atoms with E-state index in [-0.39, 0.29) is 6.10 Å². The standard InChI is InChI=1S/C23H28N4O2/c1-4-19-13-27(12-15(2)29-19)18-8-5-16(6-9-18)25-17-7-10-20-21(23(24)28)14-26(3)22(20)11-17/h5-11,14-15,19,25H,4,12-13H2,1-3H3,(H2,24,28). The highest BCUT2D eigenvalue weighted by molar-refractivity contribution is 6.06. The molecular formula is C23H28N4O2. The lowest BCUT2D eigenvalue weighted by molar-refractivity contribution is -0.0172. The third-order valence-electron chi connectivity index (χ3n) is 5.56. The molecule has 0 bridgehead atoms. The first kappa shape index (κ1) is 19.3. The van der Waals surface area contributed by atoms with Crippen molar-refractivity contribution in [2.75, 3.05) is 23.3 Å². The number of anilines is 3.